The van der Waals surface area contributed by atoms with Gasteiger partial charge in [0.25, 0.3) is 5.91 Å². The van der Waals surface area contributed by atoms with Crippen LogP contribution in [-0.2, 0) is 16.1 Å². The summed E-state index contributed by atoms with van der Waals surface area (Å²) in [7, 11) is 1.67. The van der Waals surface area contributed by atoms with Gasteiger partial charge in [-0.3, -0.25) is 4.79 Å². The molecule has 1 aromatic heterocycles. The third kappa shape index (κ3) is 3.85. The van der Waals surface area contributed by atoms with E-state index in [0.717, 1.165) is 28.7 Å². The van der Waals surface area contributed by atoms with E-state index in [9.17, 15) is 14.7 Å². The highest BCUT2D eigenvalue weighted by atomic mass is 16.5. The van der Waals surface area contributed by atoms with Crippen molar-refractivity contribution in [3.63, 3.8) is 0 Å². The zero-order valence-electron chi connectivity index (χ0n) is 15.4. The van der Waals surface area contributed by atoms with Crippen molar-refractivity contribution in [2.75, 3.05) is 13.7 Å². The van der Waals surface area contributed by atoms with Crippen LogP contribution in [0.2, 0.25) is 0 Å². The van der Waals surface area contributed by atoms with Gasteiger partial charge in [-0.05, 0) is 43.5 Å². The van der Waals surface area contributed by atoms with Gasteiger partial charge >= 0.3 is 5.97 Å². The predicted octanol–water partition coefficient (Wildman–Crippen LogP) is 2.74. The number of carboxylic acid groups (broad SMARTS) is 1. The van der Waals surface area contributed by atoms with E-state index in [0.29, 0.717) is 12.2 Å². The minimum absolute atomic E-state index is 0.190. The minimum atomic E-state index is -1.03. The van der Waals surface area contributed by atoms with Gasteiger partial charge in [0.2, 0.25) is 0 Å². The van der Waals surface area contributed by atoms with Gasteiger partial charge in [-0.15, -0.1) is 0 Å². The van der Waals surface area contributed by atoms with Gasteiger partial charge in [0.05, 0.1) is 6.61 Å². The van der Waals surface area contributed by atoms with Gasteiger partial charge < -0.3 is 19.7 Å². The number of aliphatic carboxylic acids is 1. The molecule has 6 nitrogen and oxygen atoms in total. The molecule has 136 valence electrons. The summed E-state index contributed by atoms with van der Waals surface area (Å²) in [5.74, 6) is -1.59. The molecule has 0 aliphatic carbocycles. The highest BCUT2D eigenvalue weighted by Crippen LogP contribution is 2.26. The first-order valence-corrected chi connectivity index (χ1v) is 8.40. The van der Waals surface area contributed by atoms with Crippen molar-refractivity contribution in [3.05, 3.63) is 35.0 Å². The number of carbonyl (C=O) groups is 2. The number of carbonyl (C=O) groups excluding carboxylic acids is 1. The van der Waals surface area contributed by atoms with Gasteiger partial charge in [-0.1, -0.05) is 13.8 Å². The maximum Gasteiger partial charge on any atom is 0.326 e. The van der Waals surface area contributed by atoms with E-state index in [2.05, 4.69) is 9.88 Å². The Morgan fingerprint density at radius 1 is 1.28 bits per heavy atom. The normalized spacial score (nSPS) is 12.6. The Kier molecular flexibility index (Phi) is 5.85. The fourth-order valence-electron chi connectivity index (χ4n) is 3.00. The van der Waals surface area contributed by atoms with E-state index >= 15 is 0 Å². The molecule has 1 amide bonds. The summed E-state index contributed by atoms with van der Waals surface area (Å²) in [6.45, 7) is 8.96. The zero-order valence-corrected chi connectivity index (χ0v) is 15.4. The maximum absolute atomic E-state index is 12.5. The van der Waals surface area contributed by atoms with Crippen LogP contribution in [0.15, 0.2) is 18.2 Å². The molecule has 2 aromatic rings. The molecule has 0 radical (unpaired) electrons. The second kappa shape index (κ2) is 7.70. The molecule has 1 unspecified atom stereocenters. The zero-order chi connectivity index (χ0) is 18.7. The Morgan fingerprint density at radius 3 is 2.52 bits per heavy atom. The van der Waals surface area contributed by atoms with Crippen LogP contribution < -0.4 is 5.32 Å². The fourth-order valence-corrected chi connectivity index (χ4v) is 3.00. The van der Waals surface area contributed by atoms with E-state index < -0.39 is 12.0 Å². The van der Waals surface area contributed by atoms with Crippen molar-refractivity contribution >= 4 is 22.8 Å². The number of ether oxygens (including phenoxy) is 1. The molecule has 0 saturated heterocycles. The maximum atomic E-state index is 12.5. The third-order valence-electron chi connectivity index (χ3n) is 4.64. The molecule has 0 aliphatic rings. The number of methoxy groups -OCH3 is 1. The SMILES string of the molecule is COCCn1c(C)c(C)c2cc(C(=O)NC(C(=O)O)C(C)C)ccc21. The van der Waals surface area contributed by atoms with Crippen LogP contribution in [-0.4, -0.2) is 41.3 Å². The van der Waals surface area contributed by atoms with Gasteiger partial charge in [-0.2, -0.15) is 0 Å². The summed E-state index contributed by atoms with van der Waals surface area (Å²) in [6.07, 6.45) is 0. The van der Waals surface area contributed by atoms with Crippen LogP contribution in [0.1, 0.15) is 35.5 Å². The number of rotatable bonds is 7. The quantitative estimate of drug-likeness (QED) is 0.808. The van der Waals surface area contributed by atoms with Crippen molar-refractivity contribution in [1.29, 1.82) is 0 Å². The van der Waals surface area contributed by atoms with E-state index in [4.69, 9.17) is 4.74 Å². The summed E-state index contributed by atoms with van der Waals surface area (Å²) < 4.78 is 7.34. The first kappa shape index (κ1) is 19.0. The van der Waals surface area contributed by atoms with Gasteiger partial charge in [0.1, 0.15) is 6.04 Å². The summed E-state index contributed by atoms with van der Waals surface area (Å²) in [5, 5.41) is 12.9. The second-order valence-electron chi connectivity index (χ2n) is 6.62. The van der Waals surface area contributed by atoms with Crippen LogP contribution >= 0.6 is 0 Å². The second-order valence-corrected chi connectivity index (χ2v) is 6.62. The van der Waals surface area contributed by atoms with Crippen molar-refractivity contribution in [2.45, 2.75) is 40.3 Å². The Balaban J connectivity index is 2.36. The topological polar surface area (TPSA) is 80.6 Å². The highest BCUT2D eigenvalue weighted by Gasteiger charge is 2.24. The van der Waals surface area contributed by atoms with E-state index in [1.165, 1.54) is 0 Å². The number of nitrogens with one attached hydrogen (secondary N) is 1. The van der Waals surface area contributed by atoms with E-state index in [-0.39, 0.29) is 11.8 Å². The molecule has 25 heavy (non-hydrogen) atoms. The number of hydrogen-bond donors (Lipinski definition) is 2. The number of amides is 1. The average molecular weight is 346 g/mol. The lowest BCUT2D eigenvalue weighted by Crippen LogP contribution is -2.44. The number of aryl methyl sites for hydroxylation is 1. The summed E-state index contributed by atoms with van der Waals surface area (Å²) >= 11 is 0. The molecule has 1 aromatic carbocycles. The lowest BCUT2D eigenvalue weighted by molar-refractivity contribution is -0.140. The summed E-state index contributed by atoms with van der Waals surface area (Å²) in [4.78, 5) is 23.8. The molecule has 2 rings (SSSR count). The highest BCUT2D eigenvalue weighted by molar-refractivity contribution is 6.00. The van der Waals surface area contributed by atoms with E-state index in [1.54, 1.807) is 27.0 Å². The number of hydrogen-bond acceptors (Lipinski definition) is 3. The standard InChI is InChI=1S/C19H26N2O4/c1-11(2)17(19(23)24)20-18(22)14-6-7-16-15(10-14)12(3)13(4)21(16)8-9-25-5/h6-7,10-11,17H,8-9H2,1-5H3,(H,20,22)(H,23,24). The van der Waals surface area contributed by atoms with Gasteiger partial charge in [0.15, 0.2) is 0 Å². The molecule has 0 fully saturated rings. The van der Waals surface area contributed by atoms with Crippen LogP contribution in [0.5, 0.6) is 0 Å². The predicted molar refractivity (Wildman–Crippen MR) is 97.0 cm³/mol. The van der Waals surface area contributed by atoms with Crippen LogP contribution in [0.3, 0.4) is 0 Å². The first-order valence-electron chi connectivity index (χ1n) is 8.40. The lowest BCUT2D eigenvalue weighted by atomic mass is 10.0. The fraction of sp³-hybridized carbons (Fsp3) is 0.474. The van der Waals surface area contributed by atoms with Crippen molar-refractivity contribution in [1.82, 2.24) is 9.88 Å². The number of aromatic nitrogens is 1. The molecule has 0 bridgehead atoms. The number of benzene rings is 1. The molecular weight excluding hydrogens is 320 g/mol. The Morgan fingerprint density at radius 2 is 1.96 bits per heavy atom. The lowest BCUT2D eigenvalue weighted by Gasteiger charge is -2.18. The van der Waals surface area contributed by atoms with Crippen LogP contribution in [0, 0.1) is 19.8 Å². The number of carboxylic acids is 1. The monoisotopic (exact) mass is 346 g/mol. The molecule has 1 heterocycles. The molecule has 0 saturated carbocycles. The van der Waals surface area contributed by atoms with Crippen molar-refractivity contribution < 1.29 is 19.4 Å². The molecular formula is C19H26N2O4. The Bertz CT molecular complexity index is 792. The molecule has 2 N–H and O–H groups in total. The molecule has 0 spiro atoms. The largest absolute Gasteiger partial charge is 0.480 e. The van der Waals surface area contributed by atoms with Crippen molar-refractivity contribution in [2.24, 2.45) is 5.92 Å². The molecule has 0 aliphatic heterocycles. The number of fused-ring (bicyclic) bond motifs is 1. The molecule has 1 atom stereocenters. The van der Waals surface area contributed by atoms with Gasteiger partial charge in [0, 0.05) is 35.8 Å². The summed E-state index contributed by atoms with van der Waals surface area (Å²) in [6, 6.07) is 4.57. The first-order chi connectivity index (χ1) is 11.8. The van der Waals surface area contributed by atoms with Gasteiger partial charge in [-0.25, -0.2) is 4.79 Å². The summed E-state index contributed by atoms with van der Waals surface area (Å²) in [5.41, 5.74) is 3.75. The number of nitrogens with zero attached hydrogens (tertiary/aromatic N) is 1. The third-order valence-corrected chi connectivity index (χ3v) is 4.64. The molecule has 6 heteroatoms. The van der Waals surface area contributed by atoms with Crippen LogP contribution in [0.4, 0.5) is 0 Å². The van der Waals surface area contributed by atoms with E-state index in [1.807, 2.05) is 26.0 Å². The Labute approximate surface area is 147 Å². The smallest absolute Gasteiger partial charge is 0.326 e. The average Bonchev–Trinajstić information content (AvgIpc) is 2.80. The Hall–Kier alpha value is -2.34. The van der Waals surface area contributed by atoms with Crippen LogP contribution in [0.25, 0.3) is 10.9 Å². The van der Waals surface area contributed by atoms with Crippen molar-refractivity contribution in [3.8, 4) is 0 Å². The minimum Gasteiger partial charge on any atom is -0.480 e.